The van der Waals surface area contributed by atoms with E-state index in [-0.39, 0.29) is 17.0 Å². The first kappa shape index (κ1) is 18.1. The molecule has 2 N–H and O–H groups in total. The topological polar surface area (TPSA) is 83.6 Å². The normalized spacial score (nSPS) is 15.9. The van der Waals surface area contributed by atoms with Crippen LogP contribution in [0.4, 0.5) is 0 Å². The van der Waals surface area contributed by atoms with E-state index < -0.39 is 11.9 Å². The van der Waals surface area contributed by atoms with Gasteiger partial charge in [-0.05, 0) is 29.8 Å². The Balaban J connectivity index is 2.11. The molecule has 0 radical (unpaired) electrons. The predicted octanol–water partition coefficient (Wildman–Crippen LogP) is 3.06. The summed E-state index contributed by atoms with van der Waals surface area (Å²) < 4.78 is 12.3. The van der Waals surface area contributed by atoms with Crippen LogP contribution in [0.5, 0.6) is 5.75 Å². The molecule has 0 bridgehead atoms. The molecule has 0 aliphatic carbocycles. The lowest BCUT2D eigenvalue weighted by molar-refractivity contribution is -0.136. The summed E-state index contributed by atoms with van der Waals surface area (Å²) in [6, 6.07) is 14.3. The van der Waals surface area contributed by atoms with Gasteiger partial charge in [-0.3, -0.25) is 4.79 Å². The van der Waals surface area contributed by atoms with Crippen molar-refractivity contribution in [1.29, 1.82) is 0 Å². The van der Waals surface area contributed by atoms with Crippen LogP contribution < -0.4 is 16.0 Å². The number of rotatable bonds is 2. The molecule has 28 heavy (non-hydrogen) atoms. The number of para-hydroxylation sites is 1. The Labute approximate surface area is 165 Å². The van der Waals surface area contributed by atoms with E-state index in [1.165, 1.54) is 11.7 Å². The monoisotopic (exact) mass is 396 g/mol. The highest BCUT2D eigenvalue weighted by molar-refractivity contribution is 6.30. The molecule has 0 saturated heterocycles. The fraction of sp³-hybridized carbons (Fsp3) is 0.143. The minimum absolute atomic E-state index is 0.0855. The van der Waals surface area contributed by atoms with E-state index in [2.05, 4.69) is 0 Å². The number of pyridine rings is 1. The molecule has 0 amide bonds. The average molecular weight is 397 g/mol. The van der Waals surface area contributed by atoms with Gasteiger partial charge >= 0.3 is 5.97 Å². The molecule has 6 nitrogen and oxygen atoms in total. The SMILES string of the molecule is COC(=O)C1=C(N)Oc2c(c(=O)n(C)c3ccccc23)C1c1ccc(Cl)cc1. The van der Waals surface area contributed by atoms with Gasteiger partial charge < -0.3 is 19.8 Å². The van der Waals surface area contributed by atoms with E-state index >= 15 is 0 Å². The van der Waals surface area contributed by atoms with E-state index in [0.29, 0.717) is 27.4 Å². The predicted molar refractivity (Wildman–Crippen MR) is 106 cm³/mol. The zero-order valence-electron chi connectivity index (χ0n) is 15.2. The Morgan fingerprint density at radius 1 is 1.18 bits per heavy atom. The molecule has 0 spiro atoms. The number of hydrogen-bond acceptors (Lipinski definition) is 5. The van der Waals surface area contributed by atoms with Gasteiger partial charge in [-0.15, -0.1) is 0 Å². The summed E-state index contributed by atoms with van der Waals surface area (Å²) >= 11 is 6.02. The number of benzene rings is 2. The second-order valence-electron chi connectivity index (χ2n) is 6.48. The van der Waals surface area contributed by atoms with Gasteiger partial charge in [0.1, 0.15) is 11.3 Å². The second-order valence-corrected chi connectivity index (χ2v) is 6.92. The Morgan fingerprint density at radius 3 is 2.54 bits per heavy atom. The van der Waals surface area contributed by atoms with Crippen LogP contribution in [0, 0.1) is 0 Å². The number of aryl methyl sites for hydroxylation is 1. The zero-order valence-corrected chi connectivity index (χ0v) is 16.0. The largest absolute Gasteiger partial charge is 0.465 e. The minimum atomic E-state index is -0.739. The summed E-state index contributed by atoms with van der Waals surface area (Å²) in [6.45, 7) is 0. The molecule has 1 aliphatic rings. The quantitative estimate of drug-likeness (QED) is 0.673. The van der Waals surface area contributed by atoms with Crippen LogP contribution in [0.15, 0.2) is 64.8 Å². The van der Waals surface area contributed by atoms with Gasteiger partial charge in [-0.25, -0.2) is 4.79 Å². The molecule has 2 heterocycles. The summed E-state index contributed by atoms with van der Waals surface area (Å²) in [5.41, 5.74) is 7.66. The van der Waals surface area contributed by atoms with Crippen molar-refractivity contribution in [3.05, 3.63) is 86.5 Å². The zero-order chi connectivity index (χ0) is 20.0. The molecule has 3 aromatic rings. The van der Waals surface area contributed by atoms with Crippen LogP contribution in [-0.2, 0) is 16.6 Å². The number of esters is 1. The van der Waals surface area contributed by atoms with Crippen LogP contribution in [0.3, 0.4) is 0 Å². The van der Waals surface area contributed by atoms with E-state index in [1.807, 2.05) is 24.3 Å². The standard InChI is InChI=1S/C21H17ClN2O4/c1-24-14-6-4-3-5-13(14)18-16(20(24)25)15(11-7-9-12(22)10-8-11)17(19(23)28-18)21(26)27-2/h3-10,15H,23H2,1-2H3. The van der Waals surface area contributed by atoms with Crippen LogP contribution in [0.1, 0.15) is 17.0 Å². The van der Waals surface area contributed by atoms with Crippen molar-refractivity contribution in [3.8, 4) is 5.75 Å². The summed E-state index contributed by atoms with van der Waals surface area (Å²) in [5, 5.41) is 1.27. The Bertz CT molecular complexity index is 1200. The highest BCUT2D eigenvalue weighted by Crippen LogP contribution is 2.44. The fourth-order valence-electron chi connectivity index (χ4n) is 3.62. The van der Waals surface area contributed by atoms with Crippen molar-refractivity contribution in [2.45, 2.75) is 5.92 Å². The molecule has 142 valence electrons. The minimum Gasteiger partial charge on any atom is -0.465 e. The molecule has 1 atom stereocenters. The Morgan fingerprint density at radius 2 is 1.86 bits per heavy atom. The van der Waals surface area contributed by atoms with Crippen molar-refractivity contribution >= 4 is 28.5 Å². The number of nitrogens with two attached hydrogens (primary N) is 1. The molecule has 2 aromatic carbocycles. The highest BCUT2D eigenvalue weighted by atomic mass is 35.5. The Kier molecular flexibility index (Phi) is 4.35. The van der Waals surface area contributed by atoms with Gasteiger partial charge in [0.25, 0.3) is 5.56 Å². The maximum absolute atomic E-state index is 13.3. The smallest absolute Gasteiger partial charge is 0.340 e. The fourth-order valence-corrected chi connectivity index (χ4v) is 3.75. The molecule has 1 aromatic heterocycles. The molecule has 1 unspecified atom stereocenters. The van der Waals surface area contributed by atoms with Gasteiger partial charge in [-0.2, -0.15) is 0 Å². The van der Waals surface area contributed by atoms with E-state index in [0.717, 1.165) is 5.39 Å². The lowest BCUT2D eigenvalue weighted by Crippen LogP contribution is -2.33. The Hall–Kier alpha value is -3.25. The molecular weight excluding hydrogens is 380 g/mol. The van der Waals surface area contributed by atoms with E-state index in [9.17, 15) is 9.59 Å². The number of carbonyl (C=O) groups excluding carboxylic acids is 1. The van der Waals surface area contributed by atoms with Gasteiger partial charge in [0.15, 0.2) is 0 Å². The van der Waals surface area contributed by atoms with E-state index in [4.69, 9.17) is 26.8 Å². The van der Waals surface area contributed by atoms with Crippen molar-refractivity contribution in [2.24, 2.45) is 12.8 Å². The molecule has 0 saturated carbocycles. The number of methoxy groups -OCH3 is 1. The molecule has 0 fully saturated rings. The van der Waals surface area contributed by atoms with Crippen molar-refractivity contribution in [1.82, 2.24) is 4.57 Å². The third-order valence-corrected chi connectivity index (χ3v) is 5.21. The maximum Gasteiger partial charge on any atom is 0.340 e. The third-order valence-electron chi connectivity index (χ3n) is 4.95. The maximum atomic E-state index is 13.3. The van der Waals surface area contributed by atoms with Crippen LogP contribution >= 0.6 is 11.6 Å². The molecule has 4 rings (SSSR count). The summed E-state index contributed by atoms with van der Waals surface area (Å²) in [6.07, 6.45) is 0. The summed E-state index contributed by atoms with van der Waals surface area (Å²) in [5.74, 6) is -1.13. The van der Waals surface area contributed by atoms with Crippen molar-refractivity contribution < 1.29 is 14.3 Å². The van der Waals surface area contributed by atoms with Gasteiger partial charge in [0.05, 0.1) is 24.1 Å². The third kappa shape index (κ3) is 2.65. The number of ether oxygens (including phenoxy) is 2. The van der Waals surface area contributed by atoms with Crippen LogP contribution in [0.2, 0.25) is 5.02 Å². The number of aromatic nitrogens is 1. The van der Waals surface area contributed by atoms with Gasteiger partial charge in [0, 0.05) is 17.5 Å². The number of nitrogens with zero attached hydrogens (tertiary/aromatic N) is 1. The van der Waals surface area contributed by atoms with Crippen LogP contribution in [0.25, 0.3) is 10.9 Å². The van der Waals surface area contributed by atoms with Crippen molar-refractivity contribution in [3.63, 3.8) is 0 Å². The summed E-state index contributed by atoms with van der Waals surface area (Å²) in [7, 11) is 2.94. The van der Waals surface area contributed by atoms with Gasteiger partial charge in [0.2, 0.25) is 5.88 Å². The lowest BCUT2D eigenvalue weighted by atomic mass is 9.83. The first-order valence-corrected chi connectivity index (χ1v) is 8.94. The van der Waals surface area contributed by atoms with Crippen LogP contribution in [-0.4, -0.2) is 17.6 Å². The molecule has 7 heteroatoms. The molecular formula is C21H17ClN2O4. The number of halogens is 1. The lowest BCUT2D eigenvalue weighted by Gasteiger charge is -2.29. The van der Waals surface area contributed by atoms with Crippen molar-refractivity contribution in [2.75, 3.05) is 7.11 Å². The number of hydrogen-bond donors (Lipinski definition) is 1. The van der Waals surface area contributed by atoms with E-state index in [1.54, 1.807) is 31.3 Å². The number of carbonyl (C=O) groups is 1. The second kappa shape index (κ2) is 6.73. The summed E-state index contributed by atoms with van der Waals surface area (Å²) in [4.78, 5) is 25.8. The highest BCUT2D eigenvalue weighted by Gasteiger charge is 2.38. The first-order valence-electron chi connectivity index (χ1n) is 8.57. The first-order chi connectivity index (χ1) is 13.4. The molecule has 1 aliphatic heterocycles. The van der Waals surface area contributed by atoms with Gasteiger partial charge in [-0.1, -0.05) is 35.9 Å². The average Bonchev–Trinajstić information content (AvgIpc) is 2.71. The number of fused-ring (bicyclic) bond motifs is 3.